The van der Waals surface area contributed by atoms with Crippen molar-refractivity contribution in [1.29, 1.82) is 0 Å². The van der Waals surface area contributed by atoms with Crippen LogP contribution in [0.2, 0.25) is 0 Å². The lowest BCUT2D eigenvalue weighted by Gasteiger charge is -2.16. The molecule has 1 aromatic rings. The topological polar surface area (TPSA) is 29.5 Å². The fourth-order valence-electron chi connectivity index (χ4n) is 2.08. The van der Waals surface area contributed by atoms with E-state index in [0.717, 1.165) is 23.6 Å². The van der Waals surface area contributed by atoms with E-state index in [0.29, 0.717) is 18.9 Å². The second-order valence-corrected chi connectivity index (χ2v) is 4.74. The van der Waals surface area contributed by atoms with Gasteiger partial charge in [-0.3, -0.25) is 4.79 Å². The van der Waals surface area contributed by atoms with E-state index < -0.39 is 0 Å². The van der Waals surface area contributed by atoms with Crippen molar-refractivity contribution in [3.05, 3.63) is 29.8 Å². The summed E-state index contributed by atoms with van der Waals surface area (Å²) in [6.07, 6.45) is 0.639. The predicted octanol–water partition coefficient (Wildman–Crippen LogP) is 1.97. The molecule has 0 bridgehead atoms. The minimum atomic E-state index is 0.236. The molecule has 0 radical (unpaired) electrons. The Morgan fingerprint density at radius 2 is 2.12 bits per heavy atom. The number of thiol groups is 1. The van der Waals surface area contributed by atoms with Gasteiger partial charge in [-0.1, -0.05) is 12.1 Å². The van der Waals surface area contributed by atoms with Crippen molar-refractivity contribution in [2.45, 2.75) is 13.0 Å². The summed E-state index contributed by atoms with van der Waals surface area (Å²) in [5.74, 6) is 2.27. The van der Waals surface area contributed by atoms with E-state index >= 15 is 0 Å². The predicted molar refractivity (Wildman–Crippen MR) is 70.4 cm³/mol. The molecule has 0 spiro atoms. The summed E-state index contributed by atoms with van der Waals surface area (Å²) < 4.78 is 5.10. The Morgan fingerprint density at radius 3 is 2.65 bits per heavy atom. The van der Waals surface area contributed by atoms with Crippen LogP contribution in [0.1, 0.15) is 12.0 Å². The maximum atomic E-state index is 11.7. The Bertz CT molecular complexity index is 391. The molecule has 17 heavy (non-hydrogen) atoms. The van der Waals surface area contributed by atoms with Gasteiger partial charge in [-0.25, -0.2) is 0 Å². The monoisotopic (exact) mass is 251 g/mol. The summed E-state index contributed by atoms with van der Waals surface area (Å²) in [5, 5.41) is 0. The van der Waals surface area contributed by atoms with Gasteiger partial charge in [0.1, 0.15) is 5.75 Å². The summed E-state index contributed by atoms with van der Waals surface area (Å²) in [7, 11) is 1.65. The number of hydrogen-bond acceptors (Lipinski definition) is 3. The number of carbonyl (C=O) groups is 1. The summed E-state index contributed by atoms with van der Waals surface area (Å²) >= 11 is 4.25. The summed E-state index contributed by atoms with van der Waals surface area (Å²) in [5.41, 5.74) is 1.14. The van der Waals surface area contributed by atoms with Gasteiger partial charge >= 0.3 is 0 Å². The van der Waals surface area contributed by atoms with Crippen LogP contribution in [0.15, 0.2) is 24.3 Å². The van der Waals surface area contributed by atoms with Gasteiger partial charge in [-0.2, -0.15) is 12.6 Å². The maximum Gasteiger partial charge on any atom is 0.223 e. The van der Waals surface area contributed by atoms with Crippen molar-refractivity contribution >= 4 is 18.5 Å². The number of amides is 1. The molecule has 1 aliphatic heterocycles. The Hall–Kier alpha value is -1.16. The zero-order chi connectivity index (χ0) is 12.3. The van der Waals surface area contributed by atoms with Gasteiger partial charge in [-0.05, 0) is 29.4 Å². The van der Waals surface area contributed by atoms with E-state index in [9.17, 15) is 4.79 Å². The number of hydrogen-bond donors (Lipinski definition) is 1. The van der Waals surface area contributed by atoms with Crippen molar-refractivity contribution in [3.8, 4) is 5.75 Å². The third kappa shape index (κ3) is 2.94. The van der Waals surface area contributed by atoms with Crippen molar-refractivity contribution in [3.63, 3.8) is 0 Å². The molecule has 0 aliphatic carbocycles. The van der Waals surface area contributed by atoms with Crippen molar-refractivity contribution < 1.29 is 9.53 Å². The second kappa shape index (κ2) is 5.45. The average molecular weight is 251 g/mol. The third-order valence-electron chi connectivity index (χ3n) is 3.09. The van der Waals surface area contributed by atoms with Crippen LogP contribution in [0.4, 0.5) is 0 Å². The minimum Gasteiger partial charge on any atom is -0.497 e. The Balaban J connectivity index is 1.98. The second-order valence-electron chi connectivity index (χ2n) is 4.38. The zero-order valence-corrected chi connectivity index (χ0v) is 10.8. The number of benzene rings is 1. The van der Waals surface area contributed by atoms with Crippen LogP contribution in [0.25, 0.3) is 0 Å². The van der Waals surface area contributed by atoms with Gasteiger partial charge in [-0.15, -0.1) is 0 Å². The Kier molecular flexibility index (Phi) is 3.94. The van der Waals surface area contributed by atoms with E-state index in [1.807, 2.05) is 29.2 Å². The van der Waals surface area contributed by atoms with E-state index in [1.54, 1.807) is 7.11 Å². The molecule has 1 fully saturated rings. The largest absolute Gasteiger partial charge is 0.497 e. The van der Waals surface area contributed by atoms with Crippen molar-refractivity contribution in [2.24, 2.45) is 5.92 Å². The van der Waals surface area contributed by atoms with Gasteiger partial charge in [0.15, 0.2) is 0 Å². The maximum absolute atomic E-state index is 11.7. The zero-order valence-electron chi connectivity index (χ0n) is 9.93. The lowest BCUT2D eigenvalue weighted by atomic mass is 10.1. The standard InChI is InChI=1S/C13H17NO2S/c1-16-12-4-2-10(3-5-12)7-14-8-11(9-17)6-13(14)15/h2-5,11,17H,6-9H2,1H3. The fraction of sp³-hybridized carbons (Fsp3) is 0.462. The first-order chi connectivity index (χ1) is 8.22. The molecule has 1 aromatic carbocycles. The summed E-state index contributed by atoms with van der Waals surface area (Å²) in [6.45, 7) is 1.52. The molecule has 0 aromatic heterocycles. The molecule has 0 saturated carbocycles. The highest BCUT2D eigenvalue weighted by Gasteiger charge is 2.28. The fourth-order valence-corrected chi connectivity index (χ4v) is 2.33. The minimum absolute atomic E-state index is 0.236. The average Bonchev–Trinajstić information content (AvgIpc) is 2.71. The number of ether oxygens (including phenoxy) is 1. The number of likely N-dealkylation sites (tertiary alicyclic amines) is 1. The highest BCUT2D eigenvalue weighted by Crippen LogP contribution is 2.21. The molecule has 1 atom stereocenters. The third-order valence-corrected chi connectivity index (χ3v) is 3.60. The quantitative estimate of drug-likeness (QED) is 0.829. The Morgan fingerprint density at radius 1 is 1.41 bits per heavy atom. The smallest absolute Gasteiger partial charge is 0.223 e. The number of rotatable bonds is 4. The number of carbonyl (C=O) groups excluding carboxylic acids is 1. The molecule has 2 rings (SSSR count). The van der Waals surface area contributed by atoms with Gasteiger partial charge < -0.3 is 9.64 Å². The van der Waals surface area contributed by atoms with Gasteiger partial charge in [0.2, 0.25) is 5.91 Å². The Labute approximate surface area is 107 Å². The molecule has 4 heteroatoms. The van der Waals surface area contributed by atoms with Crippen LogP contribution in [0.5, 0.6) is 5.75 Å². The van der Waals surface area contributed by atoms with E-state index in [2.05, 4.69) is 12.6 Å². The first kappa shape index (κ1) is 12.3. The molecule has 0 N–H and O–H groups in total. The summed E-state index contributed by atoms with van der Waals surface area (Å²) in [6, 6.07) is 7.85. The van der Waals surface area contributed by atoms with Crippen LogP contribution < -0.4 is 4.74 Å². The first-order valence-electron chi connectivity index (χ1n) is 5.74. The van der Waals surface area contributed by atoms with Crippen LogP contribution in [0.3, 0.4) is 0 Å². The molecule has 1 unspecified atom stereocenters. The number of methoxy groups -OCH3 is 1. The summed E-state index contributed by atoms with van der Waals surface area (Å²) in [4.78, 5) is 13.6. The molecular formula is C13H17NO2S. The van der Waals surface area contributed by atoms with Crippen molar-refractivity contribution in [1.82, 2.24) is 4.90 Å². The molecule has 1 amide bonds. The van der Waals surface area contributed by atoms with Crippen LogP contribution in [0, 0.1) is 5.92 Å². The first-order valence-corrected chi connectivity index (χ1v) is 6.37. The van der Waals surface area contributed by atoms with Gasteiger partial charge in [0.25, 0.3) is 0 Å². The van der Waals surface area contributed by atoms with E-state index in [1.165, 1.54) is 0 Å². The van der Waals surface area contributed by atoms with E-state index in [4.69, 9.17) is 4.74 Å². The number of nitrogens with zero attached hydrogens (tertiary/aromatic N) is 1. The molecule has 1 heterocycles. The SMILES string of the molecule is COc1ccc(CN2CC(CS)CC2=O)cc1. The highest BCUT2D eigenvalue weighted by molar-refractivity contribution is 7.80. The highest BCUT2D eigenvalue weighted by atomic mass is 32.1. The van der Waals surface area contributed by atoms with Crippen LogP contribution in [-0.4, -0.2) is 30.2 Å². The van der Waals surface area contributed by atoms with Crippen molar-refractivity contribution in [2.75, 3.05) is 19.4 Å². The normalized spacial score (nSPS) is 19.8. The lowest BCUT2D eigenvalue weighted by molar-refractivity contribution is -0.128. The lowest BCUT2D eigenvalue weighted by Crippen LogP contribution is -2.24. The van der Waals surface area contributed by atoms with E-state index in [-0.39, 0.29) is 5.91 Å². The molecular weight excluding hydrogens is 234 g/mol. The molecule has 1 aliphatic rings. The molecule has 3 nitrogen and oxygen atoms in total. The van der Waals surface area contributed by atoms with Gasteiger partial charge in [0.05, 0.1) is 7.11 Å². The van der Waals surface area contributed by atoms with Crippen LogP contribution >= 0.6 is 12.6 Å². The molecule has 1 saturated heterocycles. The van der Waals surface area contributed by atoms with Gasteiger partial charge in [0, 0.05) is 19.5 Å². The van der Waals surface area contributed by atoms with Crippen LogP contribution in [-0.2, 0) is 11.3 Å². The molecule has 92 valence electrons.